The minimum atomic E-state index is -3.63. The molecule has 0 unspecified atom stereocenters. The summed E-state index contributed by atoms with van der Waals surface area (Å²) in [5, 5.41) is 0. The molecule has 106 valence electrons. The van der Waals surface area contributed by atoms with E-state index in [4.69, 9.17) is 5.73 Å². The van der Waals surface area contributed by atoms with Gasteiger partial charge >= 0.3 is 0 Å². The lowest BCUT2D eigenvalue weighted by atomic mass is 10.2. The van der Waals surface area contributed by atoms with Crippen molar-refractivity contribution in [2.45, 2.75) is 11.4 Å². The molecule has 0 saturated carbocycles. The van der Waals surface area contributed by atoms with Gasteiger partial charge in [0.15, 0.2) is 0 Å². The number of nitrogen functional groups attached to an aromatic ring is 1. The first-order valence-electron chi connectivity index (χ1n) is 5.68. The van der Waals surface area contributed by atoms with Gasteiger partial charge in [0.2, 0.25) is 10.0 Å². The topological polar surface area (TPSA) is 72.2 Å². The number of sulfonamides is 1. The van der Waals surface area contributed by atoms with Crippen molar-refractivity contribution in [3.8, 4) is 0 Å². The van der Waals surface area contributed by atoms with Gasteiger partial charge in [0.25, 0.3) is 0 Å². The Bertz CT molecular complexity index is 733. The van der Waals surface area contributed by atoms with E-state index in [2.05, 4.69) is 36.6 Å². The summed E-state index contributed by atoms with van der Waals surface area (Å²) in [6, 6.07) is 12.1. The van der Waals surface area contributed by atoms with Gasteiger partial charge in [-0.15, -0.1) is 0 Å². The zero-order chi connectivity index (χ0) is 14.8. The largest absolute Gasteiger partial charge is 0.399 e. The third-order valence-electron chi connectivity index (χ3n) is 2.66. The maximum Gasteiger partial charge on any atom is 0.242 e. The number of nitrogens with two attached hydrogens (primary N) is 1. The van der Waals surface area contributed by atoms with Crippen LogP contribution >= 0.6 is 31.9 Å². The minimum absolute atomic E-state index is 0.129. The summed E-state index contributed by atoms with van der Waals surface area (Å²) in [6.07, 6.45) is 0. The monoisotopic (exact) mass is 418 g/mol. The summed E-state index contributed by atoms with van der Waals surface area (Å²) >= 11 is 6.61. The van der Waals surface area contributed by atoms with Gasteiger partial charge in [0, 0.05) is 21.2 Å². The van der Waals surface area contributed by atoms with Gasteiger partial charge in [-0.25, -0.2) is 13.1 Å². The molecule has 0 atom stereocenters. The van der Waals surface area contributed by atoms with Crippen molar-refractivity contribution in [2.24, 2.45) is 0 Å². The second-order valence-electron chi connectivity index (χ2n) is 4.11. The van der Waals surface area contributed by atoms with Crippen molar-refractivity contribution >= 4 is 47.6 Å². The number of nitrogens with one attached hydrogen (secondary N) is 1. The van der Waals surface area contributed by atoms with Crippen molar-refractivity contribution in [1.29, 1.82) is 0 Å². The lowest BCUT2D eigenvalue weighted by Gasteiger charge is -2.10. The van der Waals surface area contributed by atoms with Crippen LogP contribution in [0.15, 0.2) is 56.3 Å². The van der Waals surface area contributed by atoms with Crippen molar-refractivity contribution in [3.05, 3.63) is 57.0 Å². The highest BCUT2D eigenvalue weighted by Crippen LogP contribution is 2.24. The molecule has 3 N–H and O–H groups in total. The number of hydrogen-bond acceptors (Lipinski definition) is 3. The van der Waals surface area contributed by atoms with E-state index in [0.717, 1.165) is 10.0 Å². The Morgan fingerprint density at radius 3 is 2.45 bits per heavy atom. The van der Waals surface area contributed by atoms with Crippen LogP contribution in [0, 0.1) is 0 Å². The van der Waals surface area contributed by atoms with Crippen molar-refractivity contribution in [1.82, 2.24) is 4.72 Å². The fourth-order valence-corrected chi connectivity index (χ4v) is 4.05. The van der Waals surface area contributed by atoms with Crippen molar-refractivity contribution in [3.63, 3.8) is 0 Å². The SMILES string of the molecule is Nc1ccc(Br)c(S(=O)(=O)NCc2ccccc2Br)c1. The summed E-state index contributed by atoms with van der Waals surface area (Å²) < 4.78 is 28.4. The van der Waals surface area contributed by atoms with Gasteiger partial charge in [-0.1, -0.05) is 34.1 Å². The molecule has 4 nitrogen and oxygen atoms in total. The lowest BCUT2D eigenvalue weighted by Crippen LogP contribution is -2.24. The van der Waals surface area contributed by atoms with Gasteiger partial charge < -0.3 is 5.73 Å². The molecule has 2 aromatic rings. The molecule has 2 aromatic carbocycles. The zero-order valence-corrected chi connectivity index (χ0v) is 14.3. The smallest absolute Gasteiger partial charge is 0.242 e. The van der Waals surface area contributed by atoms with Crippen LogP contribution in [0.3, 0.4) is 0 Å². The quantitative estimate of drug-likeness (QED) is 0.747. The van der Waals surface area contributed by atoms with E-state index in [0.29, 0.717) is 10.2 Å². The molecule has 20 heavy (non-hydrogen) atoms. The van der Waals surface area contributed by atoms with Crippen LogP contribution < -0.4 is 10.5 Å². The van der Waals surface area contributed by atoms with Crippen molar-refractivity contribution < 1.29 is 8.42 Å². The molecule has 0 saturated heterocycles. The highest BCUT2D eigenvalue weighted by molar-refractivity contribution is 9.10. The van der Waals surface area contributed by atoms with Crippen LogP contribution in [-0.2, 0) is 16.6 Å². The molecule has 0 aliphatic rings. The first-order valence-corrected chi connectivity index (χ1v) is 8.75. The Morgan fingerprint density at radius 2 is 1.75 bits per heavy atom. The van der Waals surface area contributed by atoms with Gasteiger partial charge in [0.1, 0.15) is 0 Å². The van der Waals surface area contributed by atoms with Crippen LogP contribution in [0.25, 0.3) is 0 Å². The second kappa shape index (κ2) is 6.26. The molecule has 0 fully saturated rings. The average molecular weight is 420 g/mol. The molecule has 0 bridgehead atoms. The Kier molecular flexibility index (Phi) is 4.85. The summed E-state index contributed by atoms with van der Waals surface area (Å²) in [6.45, 7) is 0.199. The Morgan fingerprint density at radius 1 is 1.05 bits per heavy atom. The fourth-order valence-electron chi connectivity index (χ4n) is 1.62. The van der Waals surface area contributed by atoms with Gasteiger partial charge in [-0.05, 0) is 45.8 Å². The van der Waals surface area contributed by atoms with Crippen LogP contribution in [0.1, 0.15) is 5.56 Å². The molecule has 0 radical (unpaired) electrons. The molecule has 2 rings (SSSR count). The number of anilines is 1. The maximum atomic E-state index is 12.3. The van der Waals surface area contributed by atoms with E-state index in [-0.39, 0.29) is 11.4 Å². The average Bonchev–Trinajstić information content (AvgIpc) is 2.40. The first kappa shape index (κ1) is 15.5. The van der Waals surface area contributed by atoms with E-state index < -0.39 is 10.0 Å². The third-order valence-corrected chi connectivity index (χ3v) is 5.82. The van der Waals surface area contributed by atoms with Gasteiger partial charge in [-0.2, -0.15) is 0 Å². The summed E-state index contributed by atoms with van der Waals surface area (Å²) in [5.74, 6) is 0. The van der Waals surface area contributed by atoms with E-state index in [9.17, 15) is 8.42 Å². The summed E-state index contributed by atoms with van der Waals surface area (Å²) in [5.41, 5.74) is 6.89. The van der Waals surface area contributed by atoms with Crippen LogP contribution in [0.4, 0.5) is 5.69 Å². The fraction of sp³-hybridized carbons (Fsp3) is 0.0769. The summed E-state index contributed by atoms with van der Waals surface area (Å²) in [4.78, 5) is 0.129. The van der Waals surface area contributed by atoms with Crippen LogP contribution in [0.5, 0.6) is 0 Å². The third kappa shape index (κ3) is 3.60. The molecule has 0 heterocycles. The lowest BCUT2D eigenvalue weighted by molar-refractivity contribution is 0.580. The number of hydrogen-bond donors (Lipinski definition) is 2. The Balaban J connectivity index is 2.24. The van der Waals surface area contributed by atoms with Gasteiger partial charge in [-0.3, -0.25) is 0 Å². The molecule has 0 spiro atoms. The molecular weight excluding hydrogens is 408 g/mol. The van der Waals surface area contributed by atoms with Crippen LogP contribution in [-0.4, -0.2) is 8.42 Å². The highest BCUT2D eigenvalue weighted by Gasteiger charge is 2.18. The predicted molar refractivity (Wildman–Crippen MR) is 86.7 cm³/mol. The van der Waals surface area contributed by atoms with Crippen molar-refractivity contribution in [2.75, 3.05) is 5.73 Å². The molecule has 0 amide bonds. The second-order valence-corrected chi connectivity index (χ2v) is 7.55. The van der Waals surface area contributed by atoms with Crippen LogP contribution in [0.2, 0.25) is 0 Å². The number of halogens is 2. The van der Waals surface area contributed by atoms with E-state index in [1.54, 1.807) is 12.1 Å². The Hall–Kier alpha value is -0.890. The molecular formula is C13H12Br2N2O2S. The highest BCUT2D eigenvalue weighted by atomic mass is 79.9. The molecule has 7 heteroatoms. The number of benzene rings is 2. The molecule has 0 aliphatic heterocycles. The predicted octanol–water partition coefficient (Wildman–Crippen LogP) is 3.27. The van der Waals surface area contributed by atoms with E-state index >= 15 is 0 Å². The van der Waals surface area contributed by atoms with Gasteiger partial charge in [0.05, 0.1) is 4.90 Å². The molecule has 0 aliphatic carbocycles. The molecule has 0 aromatic heterocycles. The minimum Gasteiger partial charge on any atom is -0.399 e. The standard InChI is InChI=1S/C13H12Br2N2O2S/c14-11-4-2-1-3-9(11)8-17-20(18,19)13-7-10(16)5-6-12(13)15/h1-7,17H,8,16H2. The zero-order valence-electron chi connectivity index (χ0n) is 10.3. The Labute approximate surface area is 134 Å². The first-order chi connectivity index (χ1) is 9.40. The van der Waals surface area contributed by atoms with E-state index in [1.165, 1.54) is 6.07 Å². The van der Waals surface area contributed by atoms with E-state index in [1.807, 2.05) is 24.3 Å². The normalized spacial score (nSPS) is 11.5. The maximum absolute atomic E-state index is 12.3. The summed E-state index contributed by atoms with van der Waals surface area (Å²) in [7, 11) is -3.63. The number of rotatable bonds is 4.